The van der Waals surface area contributed by atoms with Crippen molar-refractivity contribution in [1.29, 1.82) is 0 Å². The Labute approximate surface area is 120 Å². The predicted octanol–water partition coefficient (Wildman–Crippen LogP) is 2.62. The number of ether oxygens (including phenoxy) is 4. The Hall–Kier alpha value is -1.62. The van der Waals surface area contributed by atoms with Gasteiger partial charge in [-0.15, -0.1) is 0 Å². The molecule has 1 fully saturated rings. The molecular weight excluding hydrogens is 258 g/mol. The van der Waals surface area contributed by atoms with Gasteiger partial charge in [-0.05, 0) is 19.3 Å². The van der Waals surface area contributed by atoms with Crippen LogP contribution >= 0.6 is 0 Å². The average molecular weight is 281 g/mol. The first-order valence-corrected chi connectivity index (χ1v) is 6.88. The van der Waals surface area contributed by atoms with Crippen LogP contribution in [0.3, 0.4) is 0 Å². The molecule has 1 saturated carbocycles. The summed E-state index contributed by atoms with van der Waals surface area (Å²) in [5, 5.41) is 0. The van der Waals surface area contributed by atoms with Crippen LogP contribution in [-0.2, 0) is 4.74 Å². The number of benzene rings is 1. The van der Waals surface area contributed by atoms with E-state index in [4.69, 9.17) is 24.7 Å². The van der Waals surface area contributed by atoms with Gasteiger partial charge in [-0.1, -0.05) is 0 Å². The van der Waals surface area contributed by atoms with E-state index in [1.165, 1.54) is 0 Å². The second-order valence-corrected chi connectivity index (χ2v) is 5.01. The highest BCUT2D eigenvalue weighted by atomic mass is 16.5. The van der Waals surface area contributed by atoms with Crippen LogP contribution in [0.15, 0.2) is 12.1 Å². The molecular formula is C15H23NO4. The Balaban J connectivity index is 2.12. The quantitative estimate of drug-likeness (QED) is 0.841. The first kappa shape index (κ1) is 14.8. The van der Waals surface area contributed by atoms with Crippen molar-refractivity contribution in [3.05, 3.63) is 12.1 Å². The van der Waals surface area contributed by atoms with Crippen molar-refractivity contribution in [2.24, 2.45) is 0 Å². The van der Waals surface area contributed by atoms with Crippen LogP contribution in [0.25, 0.3) is 0 Å². The molecule has 0 spiro atoms. The molecule has 5 heteroatoms. The molecule has 0 radical (unpaired) electrons. The van der Waals surface area contributed by atoms with Crippen LogP contribution in [-0.4, -0.2) is 33.5 Å². The predicted molar refractivity (Wildman–Crippen MR) is 77.6 cm³/mol. The molecule has 0 amide bonds. The van der Waals surface area contributed by atoms with E-state index in [1.54, 1.807) is 33.5 Å². The van der Waals surface area contributed by atoms with Crippen molar-refractivity contribution in [2.45, 2.75) is 37.9 Å². The second-order valence-electron chi connectivity index (χ2n) is 5.01. The summed E-state index contributed by atoms with van der Waals surface area (Å²) in [7, 11) is 4.93. The van der Waals surface area contributed by atoms with Crippen molar-refractivity contribution in [2.75, 3.05) is 27.1 Å². The number of rotatable bonds is 5. The average Bonchev–Trinajstić information content (AvgIpc) is 2.49. The number of hydrogen-bond donors (Lipinski definition) is 1. The SMILES string of the molecule is COc1cc(N)c(OC2CCCC(OC)C2)cc1OC. The van der Waals surface area contributed by atoms with Crippen LogP contribution in [0.1, 0.15) is 25.7 Å². The Morgan fingerprint density at radius 3 is 2.25 bits per heavy atom. The van der Waals surface area contributed by atoms with Crippen LogP contribution < -0.4 is 19.9 Å². The highest BCUT2D eigenvalue weighted by Gasteiger charge is 2.24. The van der Waals surface area contributed by atoms with E-state index in [0.29, 0.717) is 22.9 Å². The molecule has 112 valence electrons. The van der Waals surface area contributed by atoms with E-state index in [1.807, 2.05) is 0 Å². The van der Waals surface area contributed by atoms with Crippen molar-refractivity contribution in [3.8, 4) is 17.2 Å². The zero-order valence-electron chi connectivity index (χ0n) is 12.3. The first-order valence-electron chi connectivity index (χ1n) is 6.88. The highest BCUT2D eigenvalue weighted by molar-refractivity contribution is 5.62. The van der Waals surface area contributed by atoms with Gasteiger partial charge in [0.1, 0.15) is 11.9 Å². The van der Waals surface area contributed by atoms with Gasteiger partial charge in [0.15, 0.2) is 11.5 Å². The largest absolute Gasteiger partial charge is 0.493 e. The topological polar surface area (TPSA) is 62.9 Å². The van der Waals surface area contributed by atoms with Crippen molar-refractivity contribution < 1.29 is 18.9 Å². The van der Waals surface area contributed by atoms with E-state index in [0.717, 1.165) is 25.7 Å². The third-order valence-corrected chi connectivity index (χ3v) is 3.72. The smallest absolute Gasteiger partial charge is 0.164 e. The van der Waals surface area contributed by atoms with Gasteiger partial charge in [0.2, 0.25) is 0 Å². The molecule has 0 aromatic heterocycles. The van der Waals surface area contributed by atoms with Gasteiger partial charge in [0, 0.05) is 25.7 Å². The molecule has 20 heavy (non-hydrogen) atoms. The van der Waals surface area contributed by atoms with Crippen molar-refractivity contribution >= 4 is 5.69 Å². The summed E-state index contributed by atoms with van der Waals surface area (Å²) >= 11 is 0. The Kier molecular flexibility index (Phi) is 4.95. The van der Waals surface area contributed by atoms with Gasteiger partial charge in [-0.3, -0.25) is 0 Å². The minimum Gasteiger partial charge on any atom is -0.493 e. The van der Waals surface area contributed by atoms with E-state index in [-0.39, 0.29) is 12.2 Å². The molecule has 5 nitrogen and oxygen atoms in total. The number of anilines is 1. The van der Waals surface area contributed by atoms with Gasteiger partial charge in [-0.25, -0.2) is 0 Å². The normalized spacial score (nSPS) is 22.4. The lowest BCUT2D eigenvalue weighted by Crippen LogP contribution is -2.29. The molecule has 1 aromatic rings. The third kappa shape index (κ3) is 3.28. The van der Waals surface area contributed by atoms with Gasteiger partial charge in [0.05, 0.1) is 26.0 Å². The maximum Gasteiger partial charge on any atom is 0.164 e. The molecule has 2 unspecified atom stereocenters. The van der Waals surface area contributed by atoms with Gasteiger partial charge in [-0.2, -0.15) is 0 Å². The van der Waals surface area contributed by atoms with Gasteiger partial charge >= 0.3 is 0 Å². The Morgan fingerprint density at radius 2 is 1.60 bits per heavy atom. The Morgan fingerprint density at radius 1 is 0.950 bits per heavy atom. The van der Waals surface area contributed by atoms with E-state index in [9.17, 15) is 0 Å². The number of hydrogen-bond acceptors (Lipinski definition) is 5. The maximum absolute atomic E-state index is 6.02. The molecule has 2 rings (SSSR count). The molecule has 0 aliphatic heterocycles. The van der Waals surface area contributed by atoms with Gasteiger partial charge < -0.3 is 24.7 Å². The lowest BCUT2D eigenvalue weighted by Gasteiger charge is -2.29. The molecule has 0 saturated heterocycles. The molecule has 1 aliphatic rings. The minimum atomic E-state index is 0.133. The second kappa shape index (κ2) is 6.70. The van der Waals surface area contributed by atoms with Crippen LogP contribution in [0, 0.1) is 0 Å². The van der Waals surface area contributed by atoms with Crippen molar-refractivity contribution in [3.63, 3.8) is 0 Å². The lowest BCUT2D eigenvalue weighted by molar-refractivity contribution is 0.0211. The summed E-state index contributed by atoms with van der Waals surface area (Å²) in [4.78, 5) is 0. The summed E-state index contributed by atoms with van der Waals surface area (Å²) in [5.74, 6) is 1.87. The maximum atomic E-state index is 6.02. The molecule has 2 N–H and O–H groups in total. The number of nitrogen functional groups attached to an aromatic ring is 1. The fourth-order valence-electron chi connectivity index (χ4n) is 2.58. The fourth-order valence-corrected chi connectivity index (χ4v) is 2.58. The fraction of sp³-hybridized carbons (Fsp3) is 0.600. The van der Waals surface area contributed by atoms with Crippen molar-refractivity contribution in [1.82, 2.24) is 0 Å². The summed E-state index contributed by atoms with van der Waals surface area (Å²) in [6, 6.07) is 3.51. The summed E-state index contributed by atoms with van der Waals surface area (Å²) in [6.45, 7) is 0. The number of methoxy groups -OCH3 is 3. The highest BCUT2D eigenvalue weighted by Crippen LogP contribution is 2.37. The standard InChI is InChI=1S/C15H23NO4/c1-17-10-5-4-6-11(7-10)20-13-9-15(19-3)14(18-2)8-12(13)16/h8-11H,4-7,16H2,1-3H3. The third-order valence-electron chi connectivity index (χ3n) is 3.72. The van der Waals surface area contributed by atoms with E-state index < -0.39 is 0 Å². The molecule has 2 atom stereocenters. The van der Waals surface area contributed by atoms with E-state index >= 15 is 0 Å². The number of nitrogens with two attached hydrogens (primary N) is 1. The monoisotopic (exact) mass is 281 g/mol. The van der Waals surface area contributed by atoms with Crippen LogP contribution in [0.4, 0.5) is 5.69 Å². The molecule has 0 bridgehead atoms. The molecule has 0 heterocycles. The molecule has 1 aliphatic carbocycles. The van der Waals surface area contributed by atoms with E-state index in [2.05, 4.69) is 0 Å². The van der Waals surface area contributed by atoms with Gasteiger partial charge in [0.25, 0.3) is 0 Å². The zero-order valence-corrected chi connectivity index (χ0v) is 12.3. The minimum absolute atomic E-state index is 0.133. The first-order chi connectivity index (χ1) is 9.67. The summed E-state index contributed by atoms with van der Waals surface area (Å²) < 4.78 is 21.9. The lowest BCUT2D eigenvalue weighted by atomic mass is 9.95. The zero-order chi connectivity index (χ0) is 14.5. The van der Waals surface area contributed by atoms with Crippen LogP contribution in [0.2, 0.25) is 0 Å². The molecule has 1 aromatic carbocycles. The Bertz CT molecular complexity index is 450. The summed E-state index contributed by atoms with van der Waals surface area (Å²) in [5.41, 5.74) is 6.57. The van der Waals surface area contributed by atoms with Crippen LogP contribution in [0.5, 0.6) is 17.2 Å². The summed E-state index contributed by atoms with van der Waals surface area (Å²) in [6.07, 6.45) is 4.52.